The van der Waals surface area contributed by atoms with Crippen molar-refractivity contribution >= 4 is 30.1 Å². The number of fused-ring (bicyclic) bond motifs is 1. The van der Waals surface area contributed by atoms with E-state index in [4.69, 9.17) is 4.74 Å². The number of likely N-dealkylation sites (tertiary alicyclic amines) is 1. The Bertz CT molecular complexity index is 771. The number of halogens is 1. The monoisotopic (exact) mass is 407 g/mol. The molecule has 8 heteroatoms. The van der Waals surface area contributed by atoms with Crippen molar-refractivity contribution in [2.75, 3.05) is 33.3 Å². The number of hydrogen-bond donors (Lipinski definition) is 1. The van der Waals surface area contributed by atoms with E-state index in [9.17, 15) is 14.4 Å². The third-order valence-corrected chi connectivity index (χ3v) is 5.82. The number of rotatable bonds is 4. The zero-order valence-electron chi connectivity index (χ0n) is 16.0. The SMILES string of the molecule is CNC1CCN(C(=O)c2ccc3c(c2)C(=O)N(CC2CCCO2)C3=O)CC1.Cl. The molecule has 152 valence electrons. The Morgan fingerprint density at radius 2 is 1.86 bits per heavy atom. The first kappa shape index (κ1) is 20.8. The predicted molar refractivity (Wildman–Crippen MR) is 106 cm³/mol. The van der Waals surface area contributed by atoms with Gasteiger partial charge >= 0.3 is 0 Å². The van der Waals surface area contributed by atoms with E-state index in [0.717, 1.165) is 25.7 Å². The number of amides is 3. The van der Waals surface area contributed by atoms with Crippen LogP contribution in [0.5, 0.6) is 0 Å². The zero-order chi connectivity index (χ0) is 19.0. The first-order chi connectivity index (χ1) is 13.1. The Balaban J connectivity index is 0.00000225. The molecule has 0 bridgehead atoms. The normalized spacial score (nSPS) is 22.4. The largest absolute Gasteiger partial charge is 0.376 e. The second-order valence-electron chi connectivity index (χ2n) is 7.47. The number of nitrogens with one attached hydrogen (secondary N) is 1. The second kappa shape index (κ2) is 8.59. The highest BCUT2D eigenvalue weighted by molar-refractivity contribution is 6.22. The van der Waals surface area contributed by atoms with Crippen LogP contribution in [0.2, 0.25) is 0 Å². The highest BCUT2D eigenvalue weighted by Crippen LogP contribution is 2.27. The Kier molecular flexibility index (Phi) is 6.37. The molecule has 1 aromatic rings. The van der Waals surface area contributed by atoms with Gasteiger partial charge in [0.25, 0.3) is 17.7 Å². The van der Waals surface area contributed by atoms with Crippen LogP contribution in [0.1, 0.15) is 56.8 Å². The lowest BCUT2D eigenvalue weighted by molar-refractivity contribution is 0.0475. The van der Waals surface area contributed by atoms with Gasteiger partial charge in [0.05, 0.1) is 23.8 Å². The van der Waals surface area contributed by atoms with Gasteiger partial charge in [-0.05, 0) is 50.9 Å². The van der Waals surface area contributed by atoms with Crippen molar-refractivity contribution in [3.05, 3.63) is 34.9 Å². The lowest BCUT2D eigenvalue weighted by Gasteiger charge is -2.31. The number of piperidine rings is 1. The van der Waals surface area contributed by atoms with Crippen LogP contribution in [0.15, 0.2) is 18.2 Å². The molecule has 2 fully saturated rings. The molecule has 7 nitrogen and oxygen atoms in total. The lowest BCUT2D eigenvalue weighted by atomic mass is 10.0. The molecular weight excluding hydrogens is 382 g/mol. The van der Waals surface area contributed by atoms with E-state index < -0.39 is 0 Å². The zero-order valence-corrected chi connectivity index (χ0v) is 16.8. The van der Waals surface area contributed by atoms with E-state index in [1.165, 1.54) is 4.90 Å². The number of hydrogen-bond acceptors (Lipinski definition) is 5. The van der Waals surface area contributed by atoms with E-state index >= 15 is 0 Å². The molecule has 1 aromatic carbocycles. The first-order valence-corrected chi connectivity index (χ1v) is 9.67. The summed E-state index contributed by atoms with van der Waals surface area (Å²) >= 11 is 0. The van der Waals surface area contributed by atoms with Crippen molar-refractivity contribution in [2.45, 2.75) is 37.8 Å². The molecule has 0 aromatic heterocycles. The average molecular weight is 408 g/mol. The summed E-state index contributed by atoms with van der Waals surface area (Å²) in [7, 11) is 1.94. The van der Waals surface area contributed by atoms with Gasteiger partial charge in [-0.3, -0.25) is 19.3 Å². The summed E-state index contributed by atoms with van der Waals surface area (Å²) in [5, 5.41) is 3.25. The van der Waals surface area contributed by atoms with Crippen LogP contribution < -0.4 is 5.32 Å². The molecular formula is C20H26ClN3O4. The summed E-state index contributed by atoms with van der Waals surface area (Å²) < 4.78 is 5.56. The average Bonchev–Trinajstić information content (AvgIpc) is 3.30. The quantitative estimate of drug-likeness (QED) is 0.768. The summed E-state index contributed by atoms with van der Waals surface area (Å²) in [6.07, 6.45) is 3.57. The van der Waals surface area contributed by atoms with E-state index in [0.29, 0.717) is 42.4 Å². The van der Waals surface area contributed by atoms with E-state index in [1.54, 1.807) is 18.2 Å². The van der Waals surface area contributed by atoms with Crippen LogP contribution in [0.25, 0.3) is 0 Å². The van der Waals surface area contributed by atoms with Gasteiger partial charge in [-0.15, -0.1) is 12.4 Å². The maximum Gasteiger partial charge on any atom is 0.261 e. The smallest absolute Gasteiger partial charge is 0.261 e. The van der Waals surface area contributed by atoms with Gasteiger partial charge < -0.3 is 15.0 Å². The molecule has 4 rings (SSSR count). The molecule has 0 saturated carbocycles. The van der Waals surface area contributed by atoms with Gasteiger partial charge in [-0.2, -0.15) is 0 Å². The summed E-state index contributed by atoms with van der Waals surface area (Å²) in [6.45, 7) is 2.35. The first-order valence-electron chi connectivity index (χ1n) is 9.67. The summed E-state index contributed by atoms with van der Waals surface area (Å²) in [5.41, 5.74) is 1.18. The van der Waals surface area contributed by atoms with Gasteiger partial charge in [0.2, 0.25) is 0 Å². The second-order valence-corrected chi connectivity index (χ2v) is 7.47. The van der Waals surface area contributed by atoms with Crippen molar-refractivity contribution < 1.29 is 19.1 Å². The number of benzene rings is 1. The van der Waals surface area contributed by atoms with Crippen molar-refractivity contribution in [3.8, 4) is 0 Å². The minimum Gasteiger partial charge on any atom is -0.376 e. The third-order valence-electron chi connectivity index (χ3n) is 5.82. The fourth-order valence-corrected chi connectivity index (χ4v) is 4.14. The van der Waals surface area contributed by atoms with Gasteiger partial charge in [0, 0.05) is 31.3 Å². The number of carbonyl (C=O) groups excluding carboxylic acids is 3. The minimum atomic E-state index is -0.325. The maximum atomic E-state index is 12.8. The maximum absolute atomic E-state index is 12.8. The summed E-state index contributed by atoms with van der Waals surface area (Å²) in [5.74, 6) is -0.696. The van der Waals surface area contributed by atoms with Crippen LogP contribution >= 0.6 is 12.4 Å². The molecule has 3 aliphatic heterocycles. The van der Waals surface area contributed by atoms with Gasteiger partial charge in [0.1, 0.15) is 0 Å². The number of nitrogens with zero attached hydrogens (tertiary/aromatic N) is 2. The molecule has 2 saturated heterocycles. The van der Waals surface area contributed by atoms with Gasteiger partial charge in [0.15, 0.2) is 0 Å². The van der Waals surface area contributed by atoms with E-state index in [2.05, 4.69) is 5.32 Å². The predicted octanol–water partition coefficient (Wildman–Crippen LogP) is 1.71. The molecule has 3 aliphatic rings. The molecule has 3 amide bonds. The van der Waals surface area contributed by atoms with Crippen LogP contribution in [0.4, 0.5) is 0 Å². The molecule has 1 atom stereocenters. The van der Waals surface area contributed by atoms with E-state index in [1.807, 2.05) is 11.9 Å². The lowest BCUT2D eigenvalue weighted by Crippen LogP contribution is -2.44. The molecule has 1 unspecified atom stereocenters. The fourth-order valence-electron chi connectivity index (χ4n) is 4.14. The van der Waals surface area contributed by atoms with Crippen LogP contribution in [0.3, 0.4) is 0 Å². The van der Waals surface area contributed by atoms with Gasteiger partial charge in [-0.1, -0.05) is 0 Å². The van der Waals surface area contributed by atoms with Crippen molar-refractivity contribution in [3.63, 3.8) is 0 Å². The Hall–Kier alpha value is -1.96. The molecule has 28 heavy (non-hydrogen) atoms. The molecule has 1 N–H and O–H groups in total. The van der Waals surface area contributed by atoms with Crippen LogP contribution in [-0.2, 0) is 4.74 Å². The number of ether oxygens (including phenoxy) is 1. The number of imide groups is 1. The van der Waals surface area contributed by atoms with Crippen molar-refractivity contribution in [2.24, 2.45) is 0 Å². The highest BCUT2D eigenvalue weighted by atomic mass is 35.5. The topological polar surface area (TPSA) is 79.0 Å². The summed E-state index contributed by atoms with van der Waals surface area (Å²) in [4.78, 5) is 41.2. The van der Waals surface area contributed by atoms with Gasteiger partial charge in [-0.25, -0.2) is 0 Å². The summed E-state index contributed by atoms with van der Waals surface area (Å²) in [6, 6.07) is 5.29. The van der Waals surface area contributed by atoms with Crippen molar-refractivity contribution in [1.82, 2.24) is 15.1 Å². The minimum absolute atomic E-state index is 0. The van der Waals surface area contributed by atoms with Crippen LogP contribution in [-0.4, -0.2) is 73.0 Å². The standard InChI is InChI=1S/C20H25N3O4.ClH/c1-21-14-6-8-22(9-7-14)18(24)13-4-5-16-17(11-13)20(26)23(19(16)25)12-15-3-2-10-27-15;/h4-5,11,14-15,21H,2-3,6-10,12H2,1H3;1H. The Labute approximate surface area is 170 Å². The molecule has 3 heterocycles. The molecule has 0 aliphatic carbocycles. The number of carbonyl (C=O) groups is 3. The Morgan fingerprint density at radius 1 is 1.14 bits per heavy atom. The molecule has 0 spiro atoms. The fraction of sp³-hybridized carbons (Fsp3) is 0.550. The highest BCUT2D eigenvalue weighted by Gasteiger charge is 2.38. The van der Waals surface area contributed by atoms with E-state index in [-0.39, 0.29) is 42.8 Å². The van der Waals surface area contributed by atoms with Crippen LogP contribution in [0, 0.1) is 0 Å². The molecule has 0 radical (unpaired) electrons. The van der Waals surface area contributed by atoms with Crippen molar-refractivity contribution in [1.29, 1.82) is 0 Å². The third kappa shape index (κ3) is 3.79. The Morgan fingerprint density at radius 3 is 2.50 bits per heavy atom.